The highest BCUT2D eigenvalue weighted by Crippen LogP contribution is 2.31. The third-order valence-corrected chi connectivity index (χ3v) is 7.04. The SMILES string of the molecule is CCC(C)(C)OC(=O)c1ccc(C(=O)Oc2ccc(Cc3ccc(C(C)(C)CC)cc3)cc2)cc1OC(F)(F)F. The predicted octanol–water partition coefficient (Wildman–Crippen LogP) is 8.43. The van der Waals surface area contributed by atoms with Crippen LogP contribution in [0.25, 0.3) is 0 Å². The molecule has 0 N–H and O–H groups in total. The average Bonchev–Trinajstić information content (AvgIpc) is 2.89. The van der Waals surface area contributed by atoms with Gasteiger partial charge in [-0.2, -0.15) is 0 Å². The molecule has 3 rings (SSSR count). The van der Waals surface area contributed by atoms with Crippen molar-refractivity contribution in [2.24, 2.45) is 0 Å². The maximum Gasteiger partial charge on any atom is 0.573 e. The highest BCUT2D eigenvalue weighted by Gasteiger charge is 2.34. The number of carbonyl (C=O) groups is 2. The summed E-state index contributed by atoms with van der Waals surface area (Å²) in [4.78, 5) is 25.3. The number of halogens is 3. The topological polar surface area (TPSA) is 61.8 Å². The first-order valence-corrected chi connectivity index (χ1v) is 13.2. The second kappa shape index (κ2) is 12.1. The fraction of sp³-hybridized carbons (Fsp3) is 0.375. The Morgan fingerprint density at radius 1 is 0.750 bits per heavy atom. The fourth-order valence-corrected chi connectivity index (χ4v) is 3.76. The molecule has 214 valence electrons. The van der Waals surface area contributed by atoms with Crippen LogP contribution in [0.1, 0.15) is 91.8 Å². The third kappa shape index (κ3) is 8.34. The van der Waals surface area contributed by atoms with Crippen molar-refractivity contribution in [2.45, 2.75) is 78.2 Å². The molecule has 0 aromatic heterocycles. The molecule has 40 heavy (non-hydrogen) atoms. The molecule has 0 heterocycles. The van der Waals surface area contributed by atoms with Gasteiger partial charge >= 0.3 is 18.3 Å². The Kier molecular flexibility index (Phi) is 9.33. The Hall–Kier alpha value is -3.81. The number of hydrogen-bond acceptors (Lipinski definition) is 5. The van der Waals surface area contributed by atoms with E-state index in [1.165, 1.54) is 11.6 Å². The van der Waals surface area contributed by atoms with Crippen LogP contribution in [0.4, 0.5) is 13.2 Å². The molecule has 0 aliphatic heterocycles. The highest BCUT2D eigenvalue weighted by atomic mass is 19.4. The van der Waals surface area contributed by atoms with E-state index in [2.05, 4.69) is 49.8 Å². The van der Waals surface area contributed by atoms with Gasteiger partial charge in [0.15, 0.2) is 0 Å². The van der Waals surface area contributed by atoms with Gasteiger partial charge in [-0.1, -0.05) is 64.1 Å². The number of carbonyl (C=O) groups excluding carboxylic acids is 2. The lowest BCUT2D eigenvalue weighted by Crippen LogP contribution is -2.28. The average molecular weight is 557 g/mol. The molecule has 0 unspecified atom stereocenters. The first-order valence-electron chi connectivity index (χ1n) is 13.2. The van der Waals surface area contributed by atoms with Crippen molar-refractivity contribution in [1.29, 1.82) is 0 Å². The molecule has 0 aliphatic carbocycles. The van der Waals surface area contributed by atoms with Crippen molar-refractivity contribution in [3.05, 3.63) is 94.5 Å². The van der Waals surface area contributed by atoms with Crippen LogP contribution in [0.15, 0.2) is 66.7 Å². The minimum absolute atomic E-state index is 0.110. The van der Waals surface area contributed by atoms with Gasteiger partial charge in [-0.15, -0.1) is 13.2 Å². The molecular formula is C32H35F3O5. The minimum Gasteiger partial charge on any atom is -0.456 e. The lowest BCUT2D eigenvalue weighted by Gasteiger charge is -2.24. The summed E-state index contributed by atoms with van der Waals surface area (Å²) in [5.74, 6) is -2.52. The zero-order chi connectivity index (χ0) is 29.7. The summed E-state index contributed by atoms with van der Waals surface area (Å²) >= 11 is 0. The second-order valence-corrected chi connectivity index (χ2v) is 10.9. The maximum atomic E-state index is 13.1. The number of benzene rings is 3. The van der Waals surface area contributed by atoms with Crippen molar-refractivity contribution in [3.8, 4) is 11.5 Å². The van der Waals surface area contributed by atoms with Crippen LogP contribution in [0.5, 0.6) is 11.5 Å². The van der Waals surface area contributed by atoms with Crippen LogP contribution < -0.4 is 9.47 Å². The Bertz CT molecular complexity index is 1320. The largest absolute Gasteiger partial charge is 0.573 e. The number of ether oxygens (including phenoxy) is 3. The molecule has 0 bridgehead atoms. The molecule has 3 aromatic carbocycles. The number of rotatable bonds is 10. The summed E-state index contributed by atoms with van der Waals surface area (Å²) < 4.78 is 53.9. The van der Waals surface area contributed by atoms with E-state index < -0.39 is 35.2 Å². The lowest BCUT2D eigenvalue weighted by atomic mass is 9.82. The van der Waals surface area contributed by atoms with Crippen LogP contribution in [0.3, 0.4) is 0 Å². The van der Waals surface area contributed by atoms with Crippen LogP contribution in [0.2, 0.25) is 0 Å². The summed E-state index contributed by atoms with van der Waals surface area (Å²) in [6.07, 6.45) is -2.91. The summed E-state index contributed by atoms with van der Waals surface area (Å²) in [5, 5.41) is 0. The normalized spacial score (nSPS) is 12.1. The zero-order valence-electron chi connectivity index (χ0n) is 23.6. The van der Waals surface area contributed by atoms with Crippen LogP contribution in [0, 0.1) is 0 Å². The van der Waals surface area contributed by atoms with E-state index in [1.54, 1.807) is 32.9 Å². The van der Waals surface area contributed by atoms with Gasteiger partial charge in [-0.3, -0.25) is 0 Å². The smallest absolute Gasteiger partial charge is 0.456 e. The van der Waals surface area contributed by atoms with E-state index in [-0.39, 0.29) is 16.7 Å². The monoisotopic (exact) mass is 556 g/mol. The molecule has 0 fully saturated rings. The number of hydrogen-bond donors (Lipinski definition) is 0. The van der Waals surface area contributed by atoms with E-state index >= 15 is 0 Å². The van der Waals surface area contributed by atoms with Crippen molar-refractivity contribution in [3.63, 3.8) is 0 Å². The Balaban J connectivity index is 1.73. The van der Waals surface area contributed by atoms with Gasteiger partial charge in [0, 0.05) is 0 Å². The van der Waals surface area contributed by atoms with Crippen molar-refractivity contribution in [1.82, 2.24) is 0 Å². The standard InChI is InChI=1S/C32H35F3O5/c1-7-30(3,4)24-14-9-21(10-15-24)19-22-11-16-25(17-12-22)38-28(36)23-13-18-26(27(20-23)39-32(33,34)35)29(37)40-31(5,6)8-2/h9-18,20H,7-8,19H2,1-6H3. The molecule has 0 spiro atoms. The van der Waals surface area contributed by atoms with Gasteiger partial charge in [-0.05, 0) is 85.5 Å². The summed E-state index contributed by atoms with van der Waals surface area (Å²) in [6.45, 7) is 11.6. The molecule has 0 radical (unpaired) electrons. The Labute approximate surface area is 233 Å². The molecule has 0 aliphatic rings. The van der Waals surface area contributed by atoms with Gasteiger partial charge in [0.2, 0.25) is 0 Å². The molecule has 3 aromatic rings. The molecule has 0 saturated heterocycles. The van der Waals surface area contributed by atoms with Gasteiger partial charge in [0.1, 0.15) is 22.7 Å². The van der Waals surface area contributed by atoms with Gasteiger partial charge in [0.25, 0.3) is 0 Å². The Morgan fingerprint density at radius 2 is 1.32 bits per heavy atom. The summed E-state index contributed by atoms with van der Waals surface area (Å²) in [6, 6.07) is 18.4. The molecule has 0 saturated carbocycles. The number of esters is 2. The predicted molar refractivity (Wildman–Crippen MR) is 147 cm³/mol. The number of alkyl halides is 3. The molecule has 8 heteroatoms. The molecular weight excluding hydrogens is 521 g/mol. The first-order chi connectivity index (χ1) is 18.6. The quantitative estimate of drug-likeness (QED) is 0.185. The van der Waals surface area contributed by atoms with E-state index in [4.69, 9.17) is 9.47 Å². The van der Waals surface area contributed by atoms with Crippen molar-refractivity contribution >= 4 is 11.9 Å². The second-order valence-electron chi connectivity index (χ2n) is 10.9. The third-order valence-electron chi connectivity index (χ3n) is 7.04. The Morgan fingerprint density at radius 3 is 1.85 bits per heavy atom. The maximum absolute atomic E-state index is 13.1. The zero-order valence-corrected chi connectivity index (χ0v) is 23.6. The first kappa shape index (κ1) is 30.7. The van der Waals surface area contributed by atoms with E-state index in [0.717, 1.165) is 29.7 Å². The lowest BCUT2D eigenvalue weighted by molar-refractivity contribution is -0.274. The van der Waals surface area contributed by atoms with Gasteiger partial charge in [0.05, 0.1) is 5.56 Å². The fourth-order valence-electron chi connectivity index (χ4n) is 3.76. The molecule has 0 amide bonds. The minimum atomic E-state index is -5.08. The highest BCUT2D eigenvalue weighted by molar-refractivity contribution is 5.96. The summed E-state index contributed by atoms with van der Waals surface area (Å²) in [5.41, 5.74) is 1.96. The van der Waals surface area contributed by atoms with Crippen LogP contribution in [-0.2, 0) is 16.6 Å². The van der Waals surface area contributed by atoms with E-state index in [0.29, 0.717) is 12.8 Å². The summed E-state index contributed by atoms with van der Waals surface area (Å²) in [7, 11) is 0. The van der Waals surface area contributed by atoms with Gasteiger partial charge in [-0.25, -0.2) is 9.59 Å². The van der Waals surface area contributed by atoms with E-state index in [9.17, 15) is 22.8 Å². The molecule has 0 atom stereocenters. The van der Waals surface area contributed by atoms with Crippen molar-refractivity contribution < 1.29 is 37.0 Å². The van der Waals surface area contributed by atoms with Crippen LogP contribution >= 0.6 is 0 Å². The van der Waals surface area contributed by atoms with Crippen molar-refractivity contribution in [2.75, 3.05) is 0 Å². The van der Waals surface area contributed by atoms with E-state index in [1.807, 2.05) is 12.1 Å². The van der Waals surface area contributed by atoms with Gasteiger partial charge < -0.3 is 14.2 Å². The molecule has 5 nitrogen and oxygen atoms in total. The van der Waals surface area contributed by atoms with Crippen LogP contribution in [-0.4, -0.2) is 23.9 Å².